The summed E-state index contributed by atoms with van der Waals surface area (Å²) in [7, 11) is 3.31. The molecule has 0 unspecified atom stereocenters. The monoisotopic (exact) mass is 416 g/mol. The van der Waals surface area contributed by atoms with Crippen molar-refractivity contribution >= 4 is 34.6 Å². The lowest BCUT2D eigenvalue weighted by molar-refractivity contribution is -0.123. The van der Waals surface area contributed by atoms with E-state index in [1.54, 1.807) is 20.2 Å². The number of likely N-dealkylation sites (N-methyl/N-ethyl adjacent to an activating group) is 1. The van der Waals surface area contributed by atoms with Gasteiger partial charge in [0.05, 0.1) is 0 Å². The molecule has 2 amide bonds. The average Bonchev–Trinajstić information content (AvgIpc) is 2.47. The number of carboxylic acid groups (broad SMARTS) is 1. The number of rotatable bonds is 7. The first-order valence-electron chi connectivity index (χ1n) is 7.00. The number of halogens is 1. The molecule has 120 valence electrons. The van der Waals surface area contributed by atoms with Gasteiger partial charge in [-0.3, -0.25) is 4.79 Å². The summed E-state index contributed by atoms with van der Waals surface area (Å²) in [6.07, 6.45) is 3.60. The molecule has 1 N–H and O–H groups in total. The van der Waals surface area contributed by atoms with Crippen molar-refractivity contribution in [1.29, 1.82) is 0 Å². The van der Waals surface area contributed by atoms with E-state index in [0.717, 1.165) is 12.8 Å². The van der Waals surface area contributed by atoms with Gasteiger partial charge < -0.3 is 14.9 Å². The first-order valence-corrected chi connectivity index (χ1v) is 8.08. The lowest BCUT2D eigenvalue weighted by Crippen LogP contribution is -2.31. The Morgan fingerprint density at radius 2 is 1.86 bits per heavy atom. The molecule has 0 saturated carbocycles. The van der Waals surface area contributed by atoms with E-state index < -0.39 is 6.09 Å². The molecule has 0 saturated heterocycles. The molecule has 0 aromatic heterocycles. The molecule has 6 heteroatoms. The summed E-state index contributed by atoms with van der Waals surface area (Å²) in [6.45, 7) is 0.670. The van der Waals surface area contributed by atoms with Crippen LogP contribution in [0.2, 0.25) is 0 Å². The van der Waals surface area contributed by atoms with Crippen molar-refractivity contribution < 1.29 is 14.7 Å². The summed E-state index contributed by atoms with van der Waals surface area (Å²) in [6, 6.07) is 8.20. The van der Waals surface area contributed by atoms with Crippen LogP contribution in [0.5, 0.6) is 0 Å². The molecule has 0 spiro atoms. The first-order chi connectivity index (χ1) is 10.4. The summed E-state index contributed by atoms with van der Waals surface area (Å²) in [5.41, 5.74) is 1.20. The smallest absolute Gasteiger partial charge is 0.407 e. The van der Waals surface area contributed by atoms with Crippen LogP contribution in [-0.4, -0.2) is 54.1 Å². The van der Waals surface area contributed by atoms with Crippen LogP contribution in [0, 0.1) is 3.57 Å². The van der Waals surface area contributed by atoms with E-state index in [1.807, 2.05) is 12.1 Å². The Labute approximate surface area is 144 Å². The van der Waals surface area contributed by atoms with E-state index in [0.29, 0.717) is 6.54 Å². The second-order valence-electron chi connectivity index (χ2n) is 5.09. The van der Waals surface area contributed by atoms with E-state index in [4.69, 9.17) is 0 Å². The fourth-order valence-corrected chi connectivity index (χ4v) is 2.18. The lowest BCUT2D eigenvalue weighted by atomic mass is 10.1. The van der Waals surface area contributed by atoms with Crippen molar-refractivity contribution in [2.45, 2.75) is 12.8 Å². The third kappa shape index (κ3) is 6.93. The molecule has 5 nitrogen and oxygen atoms in total. The van der Waals surface area contributed by atoms with Crippen LogP contribution in [0.15, 0.2) is 36.4 Å². The largest absolute Gasteiger partial charge is 0.465 e. The molecular formula is C16H21IN2O3. The van der Waals surface area contributed by atoms with Crippen molar-refractivity contribution in [3.8, 4) is 0 Å². The maximum atomic E-state index is 11.4. The summed E-state index contributed by atoms with van der Waals surface area (Å²) in [5.74, 6) is -0.149. The molecule has 0 aliphatic heterocycles. The van der Waals surface area contributed by atoms with Gasteiger partial charge in [-0.2, -0.15) is 0 Å². The Kier molecular flexibility index (Phi) is 7.94. The second-order valence-corrected chi connectivity index (χ2v) is 6.34. The third-order valence-electron chi connectivity index (χ3n) is 3.10. The lowest BCUT2D eigenvalue weighted by Gasteiger charge is -2.17. The summed E-state index contributed by atoms with van der Waals surface area (Å²) < 4.78 is 1.18. The highest BCUT2D eigenvalue weighted by Crippen LogP contribution is 2.09. The molecule has 0 heterocycles. The molecule has 0 atom stereocenters. The average molecular weight is 416 g/mol. The highest BCUT2D eigenvalue weighted by Gasteiger charge is 2.09. The van der Waals surface area contributed by atoms with Gasteiger partial charge in [0.25, 0.3) is 0 Å². The molecule has 22 heavy (non-hydrogen) atoms. The number of aryl methyl sites for hydroxylation is 1. The van der Waals surface area contributed by atoms with Crippen molar-refractivity contribution in [2.24, 2.45) is 0 Å². The predicted octanol–water partition coefficient (Wildman–Crippen LogP) is 2.85. The summed E-state index contributed by atoms with van der Waals surface area (Å²) in [4.78, 5) is 25.3. The van der Waals surface area contributed by atoms with Crippen molar-refractivity contribution in [1.82, 2.24) is 9.80 Å². The molecule has 0 aliphatic rings. The SMILES string of the molecule is CN(C)C(=O)/C=C/CN(CCCc1ccc(I)cc1)C(=O)O. The van der Waals surface area contributed by atoms with Crippen molar-refractivity contribution in [3.63, 3.8) is 0 Å². The minimum absolute atomic E-state index is 0.149. The molecule has 1 rings (SSSR count). The first kappa shape index (κ1) is 18.5. The van der Waals surface area contributed by atoms with Crippen LogP contribution in [0.25, 0.3) is 0 Å². The molecule has 0 aliphatic carbocycles. The number of carbonyl (C=O) groups is 2. The highest BCUT2D eigenvalue weighted by atomic mass is 127. The van der Waals surface area contributed by atoms with Gasteiger partial charge in [-0.1, -0.05) is 18.2 Å². The molecule has 1 aromatic rings. The number of nitrogens with zero attached hydrogens (tertiary/aromatic N) is 2. The zero-order chi connectivity index (χ0) is 16.5. The number of carbonyl (C=O) groups excluding carboxylic acids is 1. The topological polar surface area (TPSA) is 60.9 Å². The van der Waals surface area contributed by atoms with E-state index in [9.17, 15) is 14.7 Å². The van der Waals surface area contributed by atoms with Gasteiger partial charge in [0.2, 0.25) is 5.91 Å². The minimum atomic E-state index is -0.968. The zero-order valence-corrected chi connectivity index (χ0v) is 15.0. The van der Waals surface area contributed by atoms with E-state index in [2.05, 4.69) is 34.7 Å². The second kappa shape index (κ2) is 9.45. The van der Waals surface area contributed by atoms with Crippen LogP contribution >= 0.6 is 22.6 Å². The maximum absolute atomic E-state index is 11.4. The molecule has 1 aromatic carbocycles. The van der Waals surface area contributed by atoms with Crippen LogP contribution in [0.4, 0.5) is 4.79 Å². The summed E-state index contributed by atoms with van der Waals surface area (Å²) in [5, 5.41) is 9.18. The Balaban J connectivity index is 2.42. The fourth-order valence-electron chi connectivity index (χ4n) is 1.82. The van der Waals surface area contributed by atoms with Crippen LogP contribution in [0.1, 0.15) is 12.0 Å². The zero-order valence-electron chi connectivity index (χ0n) is 12.8. The molecule has 0 radical (unpaired) electrons. The van der Waals surface area contributed by atoms with Gasteiger partial charge in [-0.25, -0.2) is 4.79 Å². The normalized spacial score (nSPS) is 10.7. The Morgan fingerprint density at radius 1 is 1.23 bits per heavy atom. The summed E-state index contributed by atoms with van der Waals surface area (Å²) >= 11 is 2.25. The highest BCUT2D eigenvalue weighted by molar-refractivity contribution is 14.1. The maximum Gasteiger partial charge on any atom is 0.407 e. The van der Waals surface area contributed by atoms with Crippen molar-refractivity contribution in [3.05, 3.63) is 45.6 Å². The van der Waals surface area contributed by atoms with Gasteiger partial charge >= 0.3 is 6.09 Å². The van der Waals surface area contributed by atoms with Gasteiger partial charge in [0.15, 0.2) is 0 Å². The number of hydrogen-bond donors (Lipinski definition) is 1. The predicted molar refractivity (Wildman–Crippen MR) is 94.9 cm³/mol. The molecule has 0 fully saturated rings. The Bertz CT molecular complexity index is 527. The van der Waals surface area contributed by atoms with E-state index >= 15 is 0 Å². The standard InChI is InChI=1S/C16H21IN2O3/c1-18(2)15(20)6-4-12-19(16(21)22)11-3-5-13-7-9-14(17)10-8-13/h4,6-10H,3,5,11-12H2,1-2H3,(H,21,22)/b6-4+. The van der Waals surface area contributed by atoms with Gasteiger partial charge in [-0.15, -0.1) is 0 Å². The Hall–Kier alpha value is -1.57. The van der Waals surface area contributed by atoms with Gasteiger partial charge in [-0.05, 0) is 53.1 Å². The fraction of sp³-hybridized carbons (Fsp3) is 0.375. The quantitative estimate of drug-likeness (QED) is 0.550. The van der Waals surface area contributed by atoms with Crippen molar-refractivity contribution in [2.75, 3.05) is 27.2 Å². The Morgan fingerprint density at radius 3 is 2.41 bits per heavy atom. The van der Waals surface area contributed by atoms with E-state index in [-0.39, 0.29) is 12.5 Å². The van der Waals surface area contributed by atoms with Crippen LogP contribution < -0.4 is 0 Å². The number of amides is 2. The minimum Gasteiger partial charge on any atom is -0.465 e. The van der Waals surface area contributed by atoms with Gasteiger partial charge in [0.1, 0.15) is 0 Å². The number of benzene rings is 1. The van der Waals surface area contributed by atoms with Gasteiger partial charge in [0, 0.05) is 36.8 Å². The van der Waals surface area contributed by atoms with Crippen LogP contribution in [0.3, 0.4) is 0 Å². The third-order valence-corrected chi connectivity index (χ3v) is 3.82. The van der Waals surface area contributed by atoms with Crippen LogP contribution in [-0.2, 0) is 11.2 Å². The molecular weight excluding hydrogens is 395 g/mol. The molecule has 0 bridgehead atoms. The van der Waals surface area contributed by atoms with E-state index in [1.165, 1.54) is 25.0 Å². The number of hydrogen-bond acceptors (Lipinski definition) is 2.